The van der Waals surface area contributed by atoms with Gasteiger partial charge in [0, 0.05) is 5.69 Å². The zero-order chi connectivity index (χ0) is 13.6. The van der Waals surface area contributed by atoms with Crippen LogP contribution in [0.15, 0.2) is 38.9 Å². The fraction of sp³-hybridized carbons (Fsp3) is 0.0769. The minimum Gasteiger partial charge on any atom is -0.407 e. The lowest BCUT2D eigenvalue weighted by atomic mass is 10.2. The van der Waals surface area contributed by atoms with Gasteiger partial charge in [0.25, 0.3) is 5.91 Å². The molecular formula is C13H10N2O3S. The van der Waals surface area contributed by atoms with Crippen LogP contribution in [-0.2, 0) is 0 Å². The number of anilines is 1. The first-order valence-corrected chi connectivity index (χ1v) is 6.46. The zero-order valence-corrected chi connectivity index (χ0v) is 10.9. The van der Waals surface area contributed by atoms with E-state index in [-0.39, 0.29) is 5.91 Å². The third-order valence-electron chi connectivity index (χ3n) is 2.86. The van der Waals surface area contributed by atoms with Crippen LogP contribution in [0.5, 0.6) is 0 Å². The number of aryl methyl sites for hydroxylation is 1. The van der Waals surface area contributed by atoms with E-state index in [4.69, 9.17) is 10.2 Å². The van der Waals surface area contributed by atoms with Gasteiger partial charge in [-0.15, -0.1) is 11.3 Å². The van der Waals surface area contributed by atoms with E-state index in [1.807, 2.05) is 18.4 Å². The Morgan fingerprint density at radius 1 is 1.37 bits per heavy atom. The molecule has 1 aromatic carbocycles. The number of hydrogen-bond acceptors (Lipinski definition) is 5. The van der Waals surface area contributed by atoms with Gasteiger partial charge < -0.3 is 10.2 Å². The number of nitrogens with zero attached hydrogens (tertiary/aromatic N) is 1. The number of nitrogen functional groups attached to an aromatic ring is 1. The average Bonchev–Trinajstić information content (AvgIpc) is 2.91. The van der Waals surface area contributed by atoms with E-state index in [9.17, 15) is 9.59 Å². The summed E-state index contributed by atoms with van der Waals surface area (Å²) in [6.07, 6.45) is 0. The molecule has 0 saturated heterocycles. The van der Waals surface area contributed by atoms with Crippen molar-refractivity contribution in [2.75, 3.05) is 5.73 Å². The first kappa shape index (κ1) is 11.7. The molecule has 0 spiro atoms. The molecule has 0 aliphatic heterocycles. The molecule has 3 rings (SSSR count). The van der Waals surface area contributed by atoms with Crippen LogP contribution in [0.25, 0.3) is 11.1 Å². The Labute approximate surface area is 111 Å². The maximum atomic E-state index is 12.4. The lowest BCUT2D eigenvalue weighted by molar-refractivity contribution is 0.0960. The molecule has 0 bridgehead atoms. The van der Waals surface area contributed by atoms with E-state index >= 15 is 0 Å². The maximum absolute atomic E-state index is 12.4. The van der Waals surface area contributed by atoms with Gasteiger partial charge in [0.1, 0.15) is 5.52 Å². The van der Waals surface area contributed by atoms with E-state index < -0.39 is 5.76 Å². The number of aromatic nitrogens is 1. The van der Waals surface area contributed by atoms with Crippen molar-refractivity contribution in [2.45, 2.75) is 6.92 Å². The predicted molar refractivity (Wildman–Crippen MR) is 73.7 cm³/mol. The summed E-state index contributed by atoms with van der Waals surface area (Å²) < 4.78 is 6.07. The van der Waals surface area contributed by atoms with Crippen LogP contribution in [0.3, 0.4) is 0 Å². The Bertz CT molecular complexity index is 841. The van der Waals surface area contributed by atoms with Crippen LogP contribution >= 0.6 is 11.3 Å². The Kier molecular flexibility index (Phi) is 2.53. The van der Waals surface area contributed by atoms with Crippen LogP contribution in [0.2, 0.25) is 0 Å². The second-order valence-corrected chi connectivity index (χ2v) is 5.08. The largest absolute Gasteiger partial charge is 0.427 e. The summed E-state index contributed by atoms with van der Waals surface area (Å²) in [6, 6.07) is 6.59. The average molecular weight is 274 g/mol. The molecule has 0 atom stereocenters. The minimum atomic E-state index is -0.696. The van der Waals surface area contributed by atoms with Gasteiger partial charge in [-0.2, -0.15) is 0 Å². The van der Waals surface area contributed by atoms with Gasteiger partial charge in [0.15, 0.2) is 5.58 Å². The molecule has 0 amide bonds. The molecular weight excluding hydrogens is 264 g/mol. The molecule has 2 N–H and O–H groups in total. The lowest BCUT2D eigenvalue weighted by Gasteiger charge is -2.00. The summed E-state index contributed by atoms with van der Waals surface area (Å²) in [7, 11) is 0. The van der Waals surface area contributed by atoms with Crippen molar-refractivity contribution in [1.82, 2.24) is 4.57 Å². The number of rotatable bonds is 1. The molecule has 19 heavy (non-hydrogen) atoms. The Morgan fingerprint density at radius 3 is 2.84 bits per heavy atom. The minimum absolute atomic E-state index is 0.349. The fourth-order valence-corrected chi connectivity index (χ4v) is 2.77. The van der Waals surface area contributed by atoms with Crippen molar-refractivity contribution in [1.29, 1.82) is 0 Å². The normalized spacial score (nSPS) is 11.0. The highest BCUT2D eigenvalue weighted by Crippen LogP contribution is 2.21. The molecule has 0 aliphatic carbocycles. The zero-order valence-electron chi connectivity index (χ0n) is 10.0. The molecule has 2 aromatic heterocycles. The van der Waals surface area contributed by atoms with Crippen molar-refractivity contribution in [2.24, 2.45) is 0 Å². The number of nitrogens with two attached hydrogens (primary N) is 1. The van der Waals surface area contributed by atoms with E-state index in [0.717, 1.165) is 10.1 Å². The first-order valence-electron chi connectivity index (χ1n) is 5.58. The number of carbonyl (C=O) groups excluding carboxylic acids is 1. The highest BCUT2D eigenvalue weighted by Gasteiger charge is 2.20. The molecule has 0 aliphatic rings. The van der Waals surface area contributed by atoms with Crippen LogP contribution < -0.4 is 11.5 Å². The molecule has 96 valence electrons. The molecule has 0 radical (unpaired) electrons. The number of oxazole rings is 1. The number of fused-ring (bicyclic) bond motifs is 1. The molecule has 0 fully saturated rings. The summed E-state index contributed by atoms with van der Waals surface area (Å²) in [5, 5.41) is 1.81. The summed E-state index contributed by atoms with van der Waals surface area (Å²) in [4.78, 5) is 24.8. The summed E-state index contributed by atoms with van der Waals surface area (Å²) in [5.41, 5.74) is 7.73. The van der Waals surface area contributed by atoms with Gasteiger partial charge in [0.2, 0.25) is 0 Å². The van der Waals surface area contributed by atoms with Crippen molar-refractivity contribution in [3.8, 4) is 0 Å². The van der Waals surface area contributed by atoms with E-state index in [1.54, 1.807) is 18.2 Å². The predicted octanol–water partition coefficient (Wildman–Crippen LogP) is 2.24. The van der Waals surface area contributed by atoms with E-state index in [2.05, 4.69) is 0 Å². The monoisotopic (exact) mass is 274 g/mol. The smallest absolute Gasteiger partial charge is 0.407 e. The van der Waals surface area contributed by atoms with Gasteiger partial charge in [-0.25, -0.2) is 9.36 Å². The van der Waals surface area contributed by atoms with Crippen LogP contribution in [0, 0.1) is 6.92 Å². The second-order valence-electron chi connectivity index (χ2n) is 4.17. The van der Waals surface area contributed by atoms with Gasteiger partial charge in [-0.1, -0.05) is 0 Å². The highest BCUT2D eigenvalue weighted by atomic mass is 32.1. The third-order valence-corrected chi connectivity index (χ3v) is 3.87. The number of carbonyl (C=O) groups is 1. The van der Waals surface area contributed by atoms with Crippen LogP contribution in [0.1, 0.15) is 15.2 Å². The summed E-state index contributed by atoms with van der Waals surface area (Å²) >= 11 is 1.30. The standard InChI is InChI=1S/C13H10N2O3S/c1-7-4-5-19-11(7)12(16)15-9-6-8(14)2-3-10(9)18-13(15)17/h2-6H,14H2,1H3. The Balaban J connectivity index is 2.28. The summed E-state index contributed by atoms with van der Waals surface area (Å²) in [6.45, 7) is 1.82. The number of benzene rings is 1. The third kappa shape index (κ3) is 1.77. The van der Waals surface area contributed by atoms with Gasteiger partial charge >= 0.3 is 5.76 Å². The highest BCUT2D eigenvalue weighted by molar-refractivity contribution is 7.12. The number of hydrogen-bond donors (Lipinski definition) is 1. The lowest BCUT2D eigenvalue weighted by Crippen LogP contribution is -2.22. The molecule has 0 saturated carbocycles. The Hall–Kier alpha value is -2.34. The fourth-order valence-electron chi connectivity index (χ4n) is 1.92. The van der Waals surface area contributed by atoms with E-state index in [1.165, 1.54) is 11.3 Å². The number of thiophene rings is 1. The van der Waals surface area contributed by atoms with Crippen molar-refractivity contribution >= 4 is 34.0 Å². The van der Waals surface area contributed by atoms with Crippen molar-refractivity contribution in [3.63, 3.8) is 0 Å². The SMILES string of the molecule is Cc1ccsc1C(=O)n1c(=O)oc2ccc(N)cc21. The maximum Gasteiger partial charge on any atom is 0.427 e. The first-order chi connectivity index (χ1) is 9.08. The molecule has 0 unspecified atom stereocenters. The Morgan fingerprint density at radius 2 is 2.16 bits per heavy atom. The molecule has 5 nitrogen and oxygen atoms in total. The molecule has 3 aromatic rings. The topological polar surface area (TPSA) is 78.2 Å². The second kappa shape index (κ2) is 4.10. The summed E-state index contributed by atoms with van der Waals surface area (Å²) in [5.74, 6) is -1.08. The van der Waals surface area contributed by atoms with E-state index in [0.29, 0.717) is 21.7 Å². The van der Waals surface area contributed by atoms with Crippen LogP contribution in [0.4, 0.5) is 5.69 Å². The molecule has 2 heterocycles. The quantitative estimate of drug-likeness (QED) is 0.690. The van der Waals surface area contributed by atoms with Crippen LogP contribution in [-0.4, -0.2) is 10.5 Å². The van der Waals surface area contributed by atoms with Gasteiger partial charge in [-0.3, -0.25) is 4.79 Å². The van der Waals surface area contributed by atoms with Gasteiger partial charge in [-0.05, 0) is 42.1 Å². The molecule has 6 heteroatoms. The van der Waals surface area contributed by atoms with Gasteiger partial charge in [0.05, 0.1) is 4.88 Å². The van der Waals surface area contributed by atoms with Crippen molar-refractivity contribution < 1.29 is 9.21 Å². The van der Waals surface area contributed by atoms with Crippen molar-refractivity contribution in [3.05, 3.63) is 50.6 Å².